The molecule has 0 amide bonds. The van der Waals surface area contributed by atoms with Gasteiger partial charge >= 0.3 is 37.0 Å². The molecule has 7 atom stereocenters. The number of aromatic amines is 1. The molecule has 0 bridgehead atoms. The SMILES string of the molecule is CCCCCCCCCCCCCCCCCCOP(=O)(OCC(CC)CCCC)OP(=O)(O)OP(=O)(O)OP(=O)(O)OC[C@@H]1C=C[C@H](n2cc(C)c(=O)[nH]c2=O)O1. The minimum Gasteiger partial charge on any atom is -0.344 e. The van der Waals surface area contributed by atoms with Gasteiger partial charge in [-0.25, -0.2) is 23.1 Å². The average Bonchev–Trinajstić information content (AvgIpc) is 3.61. The molecule has 2 rings (SSSR count). The maximum atomic E-state index is 13.6. The number of aryl methyl sites for hydroxylation is 1. The Morgan fingerprint density at radius 2 is 1.21 bits per heavy atom. The topological polar surface area (TPSA) is 248 Å². The molecule has 0 saturated heterocycles. The van der Waals surface area contributed by atoms with Crippen molar-refractivity contribution in [3.8, 4) is 0 Å². The third-order valence-electron chi connectivity index (χ3n) is 9.50. The van der Waals surface area contributed by atoms with E-state index >= 15 is 0 Å². The molecule has 2 heterocycles. The van der Waals surface area contributed by atoms with E-state index in [-0.39, 0.29) is 24.7 Å². The number of aromatic nitrogens is 2. The highest BCUT2D eigenvalue weighted by Gasteiger charge is 2.47. The van der Waals surface area contributed by atoms with Gasteiger partial charge in [-0.1, -0.05) is 142 Å². The second-order valence-corrected chi connectivity index (χ2v) is 21.1. The quantitative estimate of drug-likeness (QED) is 0.0281. The Morgan fingerprint density at radius 3 is 1.76 bits per heavy atom. The summed E-state index contributed by atoms with van der Waals surface area (Å²) in [5, 5.41) is 0. The third-order valence-corrected chi connectivity index (χ3v) is 15.9. The van der Waals surface area contributed by atoms with Crippen LogP contribution in [0.25, 0.3) is 0 Å². The second kappa shape index (κ2) is 27.8. The zero-order chi connectivity index (χ0) is 43.1. The van der Waals surface area contributed by atoms with Crippen molar-refractivity contribution in [2.75, 3.05) is 19.8 Å². The Kier molecular flexibility index (Phi) is 25.4. The van der Waals surface area contributed by atoms with Gasteiger partial charge in [-0.3, -0.25) is 27.9 Å². The molecule has 0 spiro atoms. The maximum Gasteiger partial charge on any atom is 0.490 e. The van der Waals surface area contributed by atoms with Crippen molar-refractivity contribution >= 4 is 31.3 Å². The zero-order valence-corrected chi connectivity index (χ0v) is 38.2. The second-order valence-electron chi connectivity index (χ2n) is 14.7. The highest BCUT2D eigenvalue weighted by Crippen LogP contribution is 2.72. The van der Waals surface area contributed by atoms with Crippen molar-refractivity contribution in [3.05, 3.63) is 44.8 Å². The van der Waals surface area contributed by atoms with Crippen molar-refractivity contribution in [3.63, 3.8) is 0 Å². The highest BCUT2D eigenvalue weighted by molar-refractivity contribution is 7.69. The molecule has 5 unspecified atom stereocenters. The Hall–Kier alpha value is -1.06. The normalized spacial score (nSPS) is 20.3. The summed E-state index contributed by atoms with van der Waals surface area (Å²) in [5.41, 5.74) is -1.15. The first-order valence-electron chi connectivity index (χ1n) is 20.8. The smallest absolute Gasteiger partial charge is 0.344 e. The van der Waals surface area contributed by atoms with Crippen LogP contribution in [0.3, 0.4) is 0 Å². The maximum absolute atomic E-state index is 13.6. The predicted octanol–water partition coefficient (Wildman–Crippen LogP) is 10.3. The van der Waals surface area contributed by atoms with Crippen LogP contribution in [0.1, 0.15) is 161 Å². The molecular weight excluding hydrogens is 840 g/mol. The number of nitrogens with zero attached hydrogens (tertiary/aromatic N) is 1. The predicted molar refractivity (Wildman–Crippen MR) is 220 cm³/mol. The van der Waals surface area contributed by atoms with E-state index in [1.54, 1.807) is 0 Å². The van der Waals surface area contributed by atoms with Crippen molar-refractivity contribution in [1.29, 1.82) is 0 Å². The summed E-state index contributed by atoms with van der Waals surface area (Å²) in [7, 11) is -22.1. The lowest BCUT2D eigenvalue weighted by Gasteiger charge is -2.23. The van der Waals surface area contributed by atoms with Crippen LogP contribution in [0.15, 0.2) is 27.9 Å². The largest absolute Gasteiger partial charge is 0.490 e. The minimum atomic E-state index is -5.93. The van der Waals surface area contributed by atoms with Crippen molar-refractivity contribution in [2.45, 2.75) is 168 Å². The zero-order valence-electron chi connectivity index (χ0n) is 34.6. The summed E-state index contributed by atoms with van der Waals surface area (Å²) in [5.74, 6) is -0.101. The summed E-state index contributed by atoms with van der Waals surface area (Å²) in [6, 6.07) is 0. The van der Waals surface area contributed by atoms with E-state index in [0.717, 1.165) is 49.5 Å². The lowest BCUT2D eigenvalue weighted by Crippen LogP contribution is -2.33. The molecule has 0 saturated carbocycles. The van der Waals surface area contributed by atoms with Gasteiger partial charge in [-0.2, -0.15) is 12.9 Å². The fourth-order valence-corrected chi connectivity index (χ4v) is 11.7. The molecule has 1 aromatic heterocycles. The van der Waals surface area contributed by atoms with Gasteiger partial charge in [0.2, 0.25) is 0 Å². The Morgan fingerprint density at radius 1 is 0.690 bits per heavy atom. The first-order chi connectivity index (χ1) is 27.4. The molecule has 22 heteroatoms. The number of rotatable bonds is 35. The van der Waals surface area contributed by atoms with Crippen LogP contribution in [-0.4, -0.2) is 50.2 Å². The summed E-state index contributed by atoms with van der Waals surface area (Å²) in [6.07, 6.45) is 23.3. The van der Waals surface area contributed by atoms with E-state index < -0.39 is 61.5 Å². The van der Waals surface area contributed by atoms with E-state index in [0.29, 0.717) is 19.3 Å². The number of hydrogen-bond donors (Lipinski definition) is 4. The first-order valence-corrected chi connectivity index (χ1v) is 26.7. The monoisotopic (exact) mass is 908 g/mol. The van der Waals surface area contributed by atoms with Gasteiger partial charge in [0.05, 0.1) is 19.8 Å². The molecule has 1 aliphatic heterocycles. The Balaban J connectivity index is 1.84. The van der Waals surface area contributed by atoms with Crippen LogP contribution in [0.2, 0.25) is 0 Å². The number of hydrogen-bond acceptors (Lipinski definition) is 13. The van der Waals surface area contributed by atoms with Crippen LogP contribution >= 0.6 is 31.3 Å². The number of ether oxygens (including phenoxy) is 1. The molecule has 0 aromatic carbocycles. The van der Waals surface area contributed by atoms with Gasteiger partial charge in [0, 0.05) is 11.8 Å². The Labute approximate surface area is 343 Å². The lowest BCUT2D eigenvalue weighted by atomic mass is 10.0. The van der Waals surface area contributed by atoms with Gasteiger partial charge in [-0.05, 0) is 31.8 Å². The van der Waals surface area contributed by atoms with Gasteiger partial charge in [0.1, 0.15) is 6.10 Å². The molecule has 338 valence electrons. The van der Waals surface area contributed by atoms with Crippen LogP contribution in [0.5, 0.6) is 0 Å². The molecule has 18 nitrogen and oxygen atoms in total. The summed E-state index contributed by atoms with van der Waals surface area (Å²) < 4.78 is 86.8. The summed E-state index contributed by atoms with van der Waals surface area (Å²) in [6.45, 7) is 6.49. The standard InChI is InChI=1S/C36H68N2O16P4/c1-5-8-10-11-12-13-14-15-16-17-18-19-20-21-22-23-27-48-58(47,50-29-32(7-3)24-9-6-2)54-57(45,46)53-56(43,44)52-55(41,42)49-30-33-25-26-34(51-33)38-28-31(4)35(39)37-36(38)40/h25-26,28,32-34H,5-24,27,29-30H2,1-4H3,(H,41,42)(H,43,44)(H,45,46)(H,37,39,40)/t32?,33-,34+,58?/m0/s1. The number of phosphoric acid groups is 4. The van der Waals surface area contributed by atoms with E-state index in [1.807, 2.05) is 13.8 Å². The van der Waals surface area contributed by atoms with Gasteiger partial charge in [0.25, 0.3) is 5.56 Å². The number of phosphoric ester groups is 2. The molecule has 1 aromatic rings. The van der Waals surface area contributed by atoms with Gasteiger partial charge < -0.3 is 19.4 Å². The molecule has 0 radical (unpaired) electrons. The fourth-order valence-electron chi connectivity index (χ4n) is 6.13. The molecule has 4 N–H and O–H groups in total. The Bertz CT molecular complexity index is 1670. The molecule has 1 aliphatic rings. The van der Waals surface area contributed by atoms with Crippen LogP contribution in [0.4, 0.5) is 0 Å². The molecular formula is C36H68N2O16P4. The van der Waals surface area contributed by atoms with E-state index in [2.05, 4.69) is 20.5 Å². The van der Waals surface area contributed by atoms with Crippen LogP contribution in [-0.2, 0) is 49.5 Å². The highest BCUT2D eigenvalue weighted by atomic mass is 31.3. The fraction of sp³-hybridized carbons (Fsp3) is 0.833. The third kappa shape index (κ3) is 22.7. The number of nitrogens with one attached hydrogen (secondary N) is 1. The summed E-state index contributed by atoms with van der Waals surface area (Å²) >= 11 is 0. The first kappa shape index (κ1) is 53.1. The average molecular weight is 909 g/mol. The summed E-state index contributed by atoms with van der Waals surface area (Å²) in [4.78, 5) is 56.5. The number of H-pyrrole nitrogens is 1. The lowest BCUT2D eigenvalue weighted by molar-refractivity contribution is -0.0105. The van der Waals surface area contributed by atoms with Gasteiger partial charge in [-0.15, -0.1) is 0 Å². The van der Waals surface area contributed by atoms with Crippen LogP contribution in [0, 0.1) is 12.8 Å². The van der Waals surface area contributed by atoms with E-state index in [9.17, 15) is 42.5 Å². The van der Waals surface area contributed by atoms with Crippen molar-refractivity contribution in [1.82, 2.24) is 9.55 Å². The molecule has 0 aliphatic carbocycles. The van der Waals surface area contributed by atoms with Crippen molar-refractivity contribution in [2.24, 2.45) is 5.92 Å². The van der Waals surface area contributed by atoms with Crippen LogP contribution < -0.4 is 11.2 Å². The number of unbranched alkanes of at least 4 members (excludes halogenated alkanes) is 16. The van der Waals surface area contributed by atoms with E-state index in [1.165, 1.54) is 89.5 Å². The van der Waals surface area contributed by atoms with Gasteiger partial charge in [0.15, 0.2) is 6.23 Å². The molecule has 0 fully saturated rings. The van der Waals surface area contributed by atoms with E-state index in [4.69, 9.17) is 22.6 Å². The minimum absolute atomic E-state index is 0.101. The van der Waals surface area contributed by atoms with Crippen molar-refractivity contribution < 1.29 is 64.2 Å². The molecule has 58 heavy (non-hydrogen) atoms.